The second-order valence-electron chi connectivity index (χ2n) is 9.14. The Morgan fingerprint density at radius 2 is 1.98 bits per heavy atom. The zero-order valence-corrected chi connectivity index (χ0v) is 21.7. The summed E-state index contributed by atoms with van der Waals surface area (Å²) < 4.78 is 53.0. The summed E-state index contributed by atoms with van der Waals surface area (Å²) in [5.41, 5.74) is 0.0165. The first-order valence-corrected chi connectivity index (χ1v) is 13.8. The van der Waals surface area contributed by atoms with Gasteiger partial charge < -0.3 is 19.8 Å². The monoisotopic (exact) mass is 569 g/mol. The van der Waals surface area contributed by atoms with Crippen molar-refractivity contribution in [1.29, 1.82) is 0 Å². The molecule has 4 aromatic rings. The van der Waals surface area contributed by atoms with Gasteiger partial charge in [0.2, 0.25) is 0 Å². The highest BCUT2D eigenvalue weighted by Gasteiger charge is 2.26. The number of halogens is 1. The largest absolute Gasteiger partial charge is 0.455 e. The molecule has 40 heavy (non-hydrogen) atoms. The van der Waals surface area contributed by atoms with Crippen LogP contribution in [-0.2, 0) is 14.8 Å². The summed E-state index contributed by atoms with van der Waals surface area (Å²) in [5.74, 6) is -1.62. The van der Waals surface area contributed by atoms with Crippen molar-refractivity contribution in [1.82, 2.24) is 14.7 Å². The van der Waals surface area contributed by atoms with E-state index in [2.05, 4.69) is 15.3 Å². The quantitative estimate of drug-likeness (QED) is 0.196. The third-order valence-electron chi connectivity index (χ3n) is 6.42. The Labute approximate surface area is 227 Å². The lowest BCUT2D eigenvalue weighted by molar-refractivity contribution is -0.384. The van der Waals surface area contributed by atoms with Crippen molar-refractivity contribution in [3.63, 3.8) is 0 Å². The number of aromatic amines is 1. The van der Waals surface area contributed by atoms with Crippen molar-refractivity contribution < 1.29 is 32.0 Å². The molecule has 0 atom stereocenters. The number of nitro groups is 1. The van der Waals surface area contributed by atoms with E-state index in [1.807, 2.05) is 4.72 Å². The lowest BCUT2D eigenvalue weighted by Crippen LogP contribution is -2.31. The van der Waals surface area contributed by atoms with E-state index in [0.29, 0.717) is 30.8 Å². The molecule has 14 heteroatoms. The Morgan fingerprint density at radius 1 is 1.18 bits per heavy atom. The van der Waals surface area contributed by atoms with Crippen LogP contribution in [0.4, 0.5) is 15.8 Å². The van der Waals surface area contributed by atoms with E-state index in [1.54, 1.807) is 18.3 Å². The van der Waals surface area contributed by atoms with Crippen molar-refractivity contribution in [2.24, 2.45) is 5.92 Å². The van der Waals surface area contributed by atoms with Crippen molar-refractivity contribution in [2.45, 2.75) is 17.7 Å². The standard InChI is InChI=1S/C26H24FN5O7S/c27-18-1-3-21(24(12-18)39-19-11-17-5-8-28-25(17)30-15-19)26(33)31-40(36,37)20-2-4-22(23(13-20)32(34)35)29-14-16-6-9-38-10-7-16/h1-5,8,11-13,15-16,29H,6-7,9-10,14H2,(H,28,30)(H,31,33). The zero-order valence-electron chi connectivity index (χ0n) is 20.9. The molecular formula is C26H24FN5O7S. The number of benzene rings is 2. The van der Waals surface area contributed by atoms with E-state index < -0.39 is 37.3 Å². The number of pyridine rings is 1. The predicted octanol–water partition coefficient (Wildman–Crippen LogP) is 4.36. The third kappa shape index (κ3) is 6.02. The number of hydrogen-bond donors (Lipinski definition) is 3. The van der Waals surface area contributed by atoms with Crippen LogP contribution in [0.5, 0.6) is 11.5 Å². The fourth-order valence-electron chi connectivity index (χ4n) is 4.29. The van der Waals surface area contributed by atoms with Crippen molar-refractivity contribution in [3.05, 3.63) is 82.4 Å². The topological polar surface area (TPSA) is 166 Å². The highest BCUT2D eigenvalue weighted by atomic mass is 32.2. The van der Waals surface area contributed by atoms with Crippen LogP contribution < -0.4 is 14.8 Å². The van der Waals surface area contributed by atoms with Crippen molar-refractivity contribution in [3.8, 4) is 11.5 Å². The number of nitrogens with zero attached hydrogens (tertiary/aromatic N) is 2. The number of aromatic nitrogens is 2. The Balaban J connectivity index is 1.35. The number of sulfonamides is 1. The Kier molecular flexibility index (Phi) is 7.62. The fourth-order valence-corrected chi connectivity index (χ4v) is 5.28. The van der Waals surface area contributed by atoms with Crippen LogP contribution >= 0.6 is 0 Å². The first-order valence-electron chi connectivity index (χ1n) is 12.3. The number of nitrogens with one attached hydrogen (secondary N) is 3. The molecule has 1 fully saturated rings. The fraction of sp³-hybridized carbons (Fsp3) is 0.231. The molecule has 1 amide bonds. The van der Waals surface area contributed by atoms with Gasteiger partial charge in [-0.05, 0) is 55.2 Å². The van der Waals surface area contributed by atoms with E-state index in [9.17, 15) is 27.7 Å². The molecule has 1 aliphatic heterocycles. The maximum absolute atomic E-state index is 14.0. The van der Waals surface area contributed by atoms with Gasteiger partial charge in [0.1, 0.15) is 28.7 Å². The summed E-state index contributed by atoms with van der Waals surface area (Å²) in [6.07, 6.45) is 4.66. The Morgan fingerprint density at radius 3 is 2.75 bits per heavy atom. The summed E-state index contributed by atoms with van der Waals surface area (Å²) in [6, 6.07) is 9.66. The molecule has 0 bridgehead atoms. The molecule has 3 heterocycles. The van der Waals surface area contributed by atoms with Gasteiger partial charge in [0, 0.05) is 43.5 Å². The van der Waals surface area contributed by atoms with Gasteiger partial charge in [0.15, 0.2) is 0 Å². The van der Waals surface area contributed by atoms with Gasteiger partial charge in [-0.15, -0.1) is 0 Å². The predicted molar refractivity (Wildman–Crippen MR) is 142 cm³/mol. The second kappa shape index (κ2) is 11.3. The summed E-state index contributed by atoms with van der Waals surface area (Å²) in [6.45, 7) is 1.70. The maximum Gasteiger partial charge on any atom is 0.293 e. The van der Waals surface area contributed by atoms with Crippen LogP contribution in [0.3, 0.4) is 0 Å². The van der Waals surface area contributed by atoms with Crippen LogP contribution in [0.15, 0.2) is 65.8 Å². The number of H-pyrrole nitrogens is 1. The molecule has 0 saturated carbocycles. The molecule has 0 aliphatic carbocycles. The van der Waals surface area contributed by atoms with E-state index in [0.717, 1.165) is 43.2 Å². The van der Waals surface area contributed by atoms with Gasteiger partial charge >= 0.3 is 0 Å². The van der Waals surface area contributed by atoms with E-state index in [1.165, 1.54) is 12.3 Å². The van der Waals surface area contributed by atoms with Gasteiger partial charge in [-0.3, -0.25) is 14.9 Å². The first kappa shape index (κ1) is 27.0. The third-order valence-corrected chi connectivity index (χ3v) is 7.75. The van der Waals surface area contributed by atoms with Crippen LogP contribution in [0.25, 0.3) is 11.0 Å². The Hall–Kier alpha value is -4.56. The normalized spacial score (nSPS) is 14.1. The smallest absolute Gasteiger partial charge is 0.293 e. The Bertz CT molecular complexity index is 1690. The molecule has 208 valence electrons. The number of fused-ring (bicyclic) bond motifs is 1. The average molecular weight is 570 g/mol. The molecule has 2 aromatic heterocycles. The zero-order chi connectivity index (χ0) is 28.3. The number of amides is 1. The van der Waals surface area contributed by atoms with Gasteiger partial charge in [0.25, 0.3) is 21.6 Å². The molecule has 1 aliphatic rings. The minimum Gasteiger partial charge on any atom is -0.455 e. The average Bonchev–Trinajstić information content (AvgIpc) is 3.40. The minimum absolute atomic E-state index is 0.156. The molecule has 1 saturated heterocycles. The van der Waals surface area contributed by atoms with Crippen LogP contribution in [-0.4, -0.2) is 49.0 Å². The molecule has 2 aromatic carbocycles. The number of hydrogen-bond acceptors (Lipinski definition) is 9. The van der Waals surface area contributed by atoms with Crippen LogP contribution in [0.1, 0.15) is 23.2 Å². The molecule has 3 N–H and O–H groups in total. The molecular weight excluding hydrogens is 545 g/mol. The molecule has 0 radical (unpaired) electrons. The number of rotatable bonds is 9. The number of nitro benzene ring substituents is 1. The van der Waals surface area contributed by atoms with Gasteiger partial charge in [-0.2, -0.15) is 0 Å². The summed E-state index contributed by atoms with van der Waals surface area (Å²) in [5, 5.41) is 15.4. The minimum atomic E-state index is -4.55. The van der Waals surface area contributed by atoms with Crippen molar-refractivity contribution >= 4 is 38.3 Å². The van der Waals surface area contributed by atoms with E-state index in [4.69, 9.17) is 9.47 Å². The lowest BCUT2D eigenvalue weighted by Gasteiger charge is -2.22. The summed E-state index contributed by atoms with van der Waals surface area (Å²) in [4.78, 5) is 30.6. The van der Waals surface area contributed by atoms with Gasteiger partial charge in [0.05, 0.1) is 21.6 Å². The van der Waals surface area contributed by atoms with E-state index >= 15 is 0 Å². The second-order valence-corrected chi connectivity index (χ2v) is 10.8. The summed E-state index contributed by atoms with van der Waals surface area (Å²) in [7, 11) is -4.55. The SMILES string of the molecule is O=C(NS(=O)(=O)c1ccc(NCC2CCOCC2)c([N+](=O)[O-])c1)c1ccc(F)cc1Oc1cnc2[nH]ccc2c1. The van der Waals surface area contributed by atoms with Crippen molar-refractivity contribution in [2.75, 3.05) is 25.1 Å². The highest BCUT2D eigenvalue weighted by Crippen LogP contribution is 2.30. The molecule has 12 nitrogen and oxygen atoms in total. The molecule has 5 rings (SSSR count). The molecule has 0 unspecified atom stereocenters. The van der Waals surface area contributed by atoms with Crippen LogP contribution in [0, 0.1) is 21.8 Å². The maximum atomic E-state index is 14.0. The van der Waals surface area contributed by atoms with Gasteiger partial charge in [-0.25, -0.2) is 22.5 Å². The number of carbonyl (C=O) groups is 1. The lowest BCUT2D eigenvalue weighted by atomic mass is 10.0. The number of ether oxygens (including phenoxy) is 2. The summed E-state index contributed by atoms with van der Waals surface area (Å²) >= 11 is 0. The van der Waals surface area contributed by atoms with Gasteiger partial charge in [-0.1, -0.05) is 0 Å². The van der Waals surface area contributed by atoms with E-state index in [-0.39, 0.29) is 28.7 Å². The number of carbonyl (C=O) groups excluding carboxylic acids is 1. The number of anilines is 1. The molecule has 0 spiro atoms. The highest BCUT2D eigenvalue weighted by molar-refractivity contribution is 7.90. The first-order chi connectivity index (χ1) is 19.2. The van der Waals surface area contributed by atoms with Crippen LogP contribution in [0.2, 0.25) is 0 Å².